The molecule has 0 spiro atoms. The van der Waals surface area contributed by atoms with Crippen LogP contribution in [0.25, 0.3) is 6.08 Å². The number of ketones is 1. The Bertz CT molecular complexity index is 822. The summed E-state index contributed by atoms with van der Waals surface area (Å²) in [6.45, 7) is 3.41. The van der Waals surface area contributed by atoms with E-state index in [0.717, 1.165) is 15.8 Å². The number of hydrogen-bond acceptors (Lipinski definition) is 6. The van der Waals surface area contributed by atoms with Crippen LogP contribution in [0.15, 0.2) is 36.4 Å². The minimum Gasteiger partial charge on any atom is -0.454 e. The summed E-state index contributed by atoms with van der Waals surface area (Å²) < 4.78 is 4.92. The second-order valence-electron chi connectivity index (χ2n) is 5.04. The quantitative estimate of drug-likeness (QED) is 0.262. The zero-order valence-corrected chi connectivity index (χ0v) is 14.0. The van der Waals surface area contributed by atoms with Crippen LogP contribution in [0.4, 0.5) is 5.69 Å². The largest absolute Gasteiger partial charge is 0.454 e. The summed E-state index contributed by atoms with van der Waals surface area (Å²) >= 11 is 1.51. The number of carbonyl (C=O) groups excluding carboxylic acids is 2. The van der Waals surface area contributed by atoms with Gasteiger partial charge in [0.25, 0.3) is 5.69 Å². The molecule has 0 aliphatic rings. The lowest BCUT2D eigenvalue weighted by Crippen LogP contribution is -2.12. The van der Waals surface area contributed by atoms with Gasteiger partial charge in [-0.3, -0.25) is 14.9 Å². The van der Waals surface area contributed by atoms with Crippen molar-refractivity contribution >= 4 is 34.9 Å². The third kappa shape index (κ3) is 4.60. The zero-order chi connectivity index (χ0) is 17.7. The number of nitro benzene ring substituents is 1. The number of ether oxygens (including phenoxy) is 1. The average molecular weight is 345 g/mol. The molecule has 0 N–H and O–H groups in total. The van der Waals surface area contributed by atoms with Gasteiger partial charge in [0.05, 0.1) is 4.92 Å². The number of hydrogen-bond donors (Lipinski definition) is 0. The molecule has 0 saturated heterocycles. The van der Waals surface area contributed by atoms with Crippen molar-refractivity contribution in [2.24, 2.45) is 0 Å². The van der Waals surface area contributed by atoms with Crippen LogP contribution in [0.3, 0.4) is 0 Å². The zero-order valence-electron chi connectivity index (χ0n) is 13.1. The van der Waals surface area contributed by atoms with Crippen LogP contribution in [0.5, 0.6) is 0 Å². The number of benzene rings is 1. The first-order valence-electron chi connectivity index (χ1n) is 7.06. The smallest absolute Gasteiger partial charge is 0.331 e. The van der Waals surface area contributed by atoms with Gasteiger partial charge in [0.1, 0.15) is 0 Å². The van der Waals surface area contributed by atoms with Crippen molar-refractivity contribution in [2.75, 3.05) is 6.61 Å². The number of Topliss-reactive ketones (excluding diaryl/α,β-unsaturated/α-hetero) is 1. The molecule has 7 heteroatoms. The highest BCUT2D eigenvalue weighted by molar-refractivity contribution is 7.12. The lowest BCUT2D eigenvalue weighted by molar-refractivity contribution is -0.384. The molecular formula is C17H15NO5S. The molecule has 24 heavy (non-hydrogen) atoms. The fourth-order valence-corrected chi connectivity index (χ4v) is 3.02. The van der Waals surface area contributed by atoms with Gasteiger partial charge >= 0.3 is 5.97 Å². The molecule has 0 amide bonds. The van der Waals surface area contributed by atoms with Crippen LogP contribution in [-0.4, -0.2) is 23.3 Å². The van der Waals surface area contributed by atoms with Crippen molar-refractivity contribution in [1.82, 2.24) is 0 Å². The van der Waals surface area contributed by atoms with Crippen molar-refractivity contribution in [3.8, 4) is 0 Å². The molecule has 0 bridgehead atoms. The molecule has 2 rings (SSSR count). The Hall–Kier alpha value is -2.80. The number of rotatable bonds is 6. The van der Waals surface area contributed by atoms with Crippen molar-refractivity contribution in [3.63, 3.8) is 0 Å². The highest BCUT2D eigenvalue weighted by Gasteiger charge is 2.13. The van der Waals surface area contributed by atoms with E-state index in [1.165, 1.54) is 35.6 Å². The fraction of sp³-hybridized carbons (Fsp3) is 0.176. The Morgan fingerprint density at radius 2 is 2.04 bits per heavy atom. The maximum Gasteiger partial charge on any atom is 0.331 e. The number of thiophene rings is 1. The molecule has 0 fully saturated rings. The van der Waals surface area contributed by atoms with E-state index in [1.54, 1.807) is 12.1 Å². The van der Waals surface area contributed by atoms with Crippen molar-refractivity contribution in [3.05, 3.63) is 67.4 Å². The van der Waals surface area contributed by atoms with Gasteiger partial charge in [-0.05, 0) is 31.6 Å². The van der Waals surface area contributed by atoms with Gasteiger partial charge in [0, 0.05) is 33.5 Å². The standard InChI is InChI=1S/C17H15NO5S/c1-11-8-15(12(2)24-11)16(19)10-23-17(20)7-6-13-4-3-5-14(9-13)18(21)22/h3-9H,10H2,1-2H3/b7-6+. The second kappa shape index (κ2) is 7.65. The molecule has 124 valence electrons. The third-order valence-corrected chi connectivity index (χ3v) is 4.15. The molecule has 0 aliphatic heterocycles. The Morgan fingerprint density at radius 3 is 2.67 bits per heavy atom. The molecule has 0 unspecified atom stereocenters. The predicted octanol–water partition coefficient (Wildman–Crippen LogP) is 3.71. The minimum atomic E-state index is -0.681. The van der Waals surface area contributed by atoms with Gasteiger partial charge in [-0.1, -0.05) is 12.1 Å². The first-order valence-corrected chi connectivity index (χ1v) is 7.88. The first-order chi connectivity index (χ1) is 11.4. The topological polar surface area (TPSA) is 86.5 Å². The average Bonchev–Trinajstić information content (AvgIpc) is 2.89. The summed E-state index contributed by atoms with van der Waals surface area (Å²) in [6.07, 6.45) is 2.54. The van der Waals surface area contributed by atoms with Gasteiger partial charge < -0.3 is 4.74 Å². The van der Waals surface area contributed by atoms with Gasteiger partial charge in [-0.2, -0.15) is 0 Å². The van der Waals surface area contributed by atoms with E-state index in [2.05, 4.69) is 0 Å². The van der Waals surface area contributed by atoms with Crippen molar-refractivity contribution < 1.29 is 19.2 Å². The molecule has 2 aromatic rings. The fourth-order valence-electron chi connectivity index (χ4n) is 2.08. The Labute approximate surface area is 142 Å². The number of nitro groups is 1. The molecule has 1 aromatic heterocycles. The Kier molecular flexibility index (Phi) is 5.59. The minimum absolute atomic E-state index is 0.0657. The highest BCUT2D eigenvalue weighted by atomic mass is 32.1. The van der Waals surface area contributed by atoms with E-state index in [0.29, 0.717) is 11.1 Å². The monoisotopic (exact) mass is 345 g/mol. The van der Waals surface area contributed by atoms with Gasteiger partial charge in [0.2, 0.25) is 5.78 Å². The summed E-state index contributed by atoms with van der Waals surface area (Å²) in [5, 5.41) is 10.7. The highest BCUT2D eigenvalue weighted by Crippen LogP contribution is 2.21. The van der Waals surface area contributed by atoms with E-state index in [9.17, 15) is 19.7 Å². The van der Waals surface area contributed by atoms with Crippen LogP contribution in [0.1, 0.15) is 25.7 Å². The van der Waals surface area contributed by atoms with Crippen LogP contribution >= 0.6 is 11.3 Å². The lowest BCUT2D eigenvalue weighted by atomic mass is 10.2. The van der Waals surface area contributed by atoms with Crippen molar-refractivity contribution in [1.29, 1.82) is 0 Å². The molecular weight excluding hydrogens is 330 g/mol. The summed E-state index contributed by atoms with van der Waals surface area (Å²) in [4.78, 5) is 35.8. The first kappa shape index (κ1) is 17.6. The maximum atomic E-state index is 12.0. The van der Waals surface area contributed by atoms with E-state index < -0.39 is 10.9 Å². The van der Waals surface area contributed by atoms with Gasteiger partial charge in [0.15, 0.2) is 6.61 Å². The van der Waals surface area contributed by atoms with Gasteiger partial charge in [-0.25, -0.2) is 4.79 Å². The van der Waals surface area contributed by atoms with Crippen LogP contribution in [0.2, 0.25) is 0 Å². The summed E-state index contributed by atoms with van der Waals surface area (Å²) in [5.74, 6) is -0.937. The number of nitrogens with zero attached hydrogens (tertiary/aromatic N) is 1. The molecule has 6 nitrogen and oxygen atoms in total. The number of non-ortho nitro benzene ring substituents is 1. The Balaban J connectivity index is 1.93. The molecule has 0 aliphatic carbocycles. The molecule has 0 atom stereocenters. The lowest BCUT2D eigenvalue weighted by Gasteiger charge is -2.01. The summed E-state index contributed by atoms with van der Waals surface area (Å²) in [5.41, 5.74) is 0.994. The van der Waals surface area contributed by atoms with E-state index >= 15 is 0 Å². The maximum absolute atomic E-state index is 12.0. The van der Waals surface area contributed by atoms with E-state index in [-0.39, 0.29) is 18.1 Å². The molecule has 0 saturated carbocycles. The predicted molar refractivity (Wildman–Crippen MR) is 91.2 cm³/mol. The van der Waals surface area contributed by atoms with Crippen molar-refractivity contribution in [2.45, 2.75) is 13.8 Å². The van der Waals surface area contributed by atoms with E-state index in [4.69, 9.17) is 4.74 Å². The van der Waals surface area contributed by atoms with Crippen LogP contribution < -0.4 is 0 Å². The normalized spacial score (nSPS) is 10.8. The molecule has 1 aromatic carbocycles. The van der Waals surface area contributed by atoms with Crippen LogP contribution in [-0.2, 0) is 9.53 Å². The van der Waals surface area contributed by atoms with E-state index in [1.807, 2.05) is 13.8 Å². The SMILES string of the molecule is Cc1cc(C(=O)COC(=O)/C=C/c2cccc([N+](=O)[O-])c2)c(C)s1. The molecule has 0 radical (unpaired) electrons. The second-order valence-corrected chi connectivity index (χ2v) is 6.50. The summed E-state index contributed by atoms with van der Waals surface area (Å²) in [6, 6.07) is 7.62. The number of carbonyl (C=O) groups is 2. The van der Waals surface area contributed by atoms with Crippen LogP contribution in [0, 0.1) is 24.0 Å². The number of esters is 1. The van der Waals surface area contributed by atoms with Gasteiger partial charge in [-0.15, -0.1) is 11.3 Å². The third-order valence-electron chi connectivity index (χ3n) is 3.18. The molecule has 1 heterocycles. The number of aryl methyl sites for hydroxylation is 2. The Morgan fingerprint density at radius 1 is 1.29 bits per heavy atom. The summed E-state index contributed by atoms with van der Waals surface area (Å²) in [7, 11) is 0.